The summed E-state index contributed by atoms with van der Waals surface area (Å²) in [7, 11) is 0. The fourth-order valence-corrected chi connectivity index (χ4v) is 4.37. The lowest BCUT2D eigenvalue weighted by atomic mass is 10.2. The zero-order valence-corrected chi connectivity index (χ0v) is 16.3. The molecule has 3 N–H and O–H groups in total. The molecule has 25 heavy (non-hydrogen) atoms. The number of hydrogen-bond donors (Lipinski definition) is 3. The molecule has 0 spiro atoms. The van der Waals surface area contributed by atoms with Crippen LogP contribution in [0.25, 0.3) is 0 Å². The summed E-state index contributed by atoms with van der Waals surface area (Å²) >= 11 is 13.8. The summed E-state index contributed by atoms with van der Waals surface area (Å²) in [5.74, 6) is 0.0720. The van der Waals surface area contributed by atoms with Gasteiger partial charge in [-0.1, -0.05) is 35.3 Å². The second-order valence-corrected chi connectivity index (χ2v) is 8.32. The summed E-state index contributed by atoms with van der Waals surface area (Å²) in [6.45, 7) is 6.38. The molecule has 0 unspecified atom stereocenters. The molecular formula is C18H23Cl2N3OS+2. The highest BCUT2D eigenvalue weighted by molar-refractivity contribution is 7.09. The van der Waals surface area contributed by atoms with E-state index in [-0.39, 0.29) is 5.91 Å². The number of quaternary nitrogens is 2. The lowest BCUT2D eigenvalue weighted by molar-refractivity contribution is -1.01. The lowest BCUT2D eigenvalue weighted by Gasteiger charge is -2.29. The van der Waals surface area contributed by atoms with E-state index in [1.165, 1.54) is 9.78 Å². The van der Waals surface area contributed by atoms with Crippen molar-refractivity contribution in [2.45, 2.75) is 13.1 Å². The van der Waals surface area contributed by atoms with Gasteiger partial charge in [0.15, 0.2) is 6.54 Å². The number of carbonyl (C=O) groups excluding carboxylic acids is 1. The summed E-state index contributed by atoms with van der Waals surface area (Å²) < 4.78 is 0. The minimum atomic E-state index is 0.0720. The molecule has 2 aromatic rings. The summed E-state index contributed by atoms with van der Waals surface area (Å²) in [4.78, 5) is 16.6. The summed E-state index contributed by atoms with van der Waals surface area (Å²) in [5, 5.41) is 6.29. The van der Waals surface area contributed by atoms with E-state index in [1.54, 1.807) is 17.0 Å². The number of amides is 1. The number of carbonyl (C=O) groups is 1. The van der Waals surface area contributed by atoms with Crippen LogP contribution < -0.4 is 15.1 Å². The smallest absolute Gasteiger partial charge is 0.275 e. The van der Waals surface area contributed by atoms with Gasteiger partial charge in [0.1, 0.15) is 32.7 Å². The maximum Gasteiger partial charge on any atom is 0.275 e. The van der Waals surface area contributed by atoms with Crippen LogP contribution in [0.4, 0.5) is 0 Å². The Morgan fingerprint density at radius 2 is 1.88 bits per heavy atom. The van der Waals surface area contributed by atoms with Gasteiger partial charge >= 0.3 is 0 Å². The molecule has 0 bridgehead atoms. The number of benzene rings is 1. The van der Waals surface area contributed by atoms with Gasteiger partial charge in [0, 0.05) is 16.6 Å². The Morgan fingerprint density at radius 3 is 2.56 bits per heavy atom. The molecule has 0 aliphatic carbocycles. The van der Waals surface area contributed by atoms with Crippen molar-refractivity contribution in [1.29, 1.82) is 0 Å². The van der Waals surface area contributed by atoms with Gasteiger partial charge in [0.05, 0.1) is 4.88 Å². The molecule has 2 heterocycles. The van der Waals surface area contributed by atoms with Gasteiger partial charge in [-0.2, -0.15) is 0 Å². The predicted octanol–water partition coefficient (Wildman–Crippen LogP) is 0.655. The van der Waals surface area contributed by atoms with Crippen LogP contribution in [-0.4, -0.2) is 38.6 Å². The summed E-state index contributed by atoms with van der Waals surface area (Å²) in [5.41, 5.74) is 0.889. The molecule has 7 heteroatoms. The van der Waals surface area contributed by atoms with Crippen LogP contribution in [0.3, 0.4) is 0 Å². The van der Waals surface area contributed by atoms with Crippen molar-refractivity contribution in [1.82, 2.24) is 5.32 Å². The lowest BCUT2D eigenvalue weighted by Crippen LogP contribution is -3.28. The van der Waals surface area contributed by atoms with E-state index in [4.69, 9.17) is 23.2 Å². The van der Waals surface area contributed by atoms with Crippen LogP contribution in [0, 0.1) is 0 Å². The Labute approximate surface area is 162 Å². The van der Waals surface area contributed by atoms with Crippen LogP contribution in [0.5, 0.6) is 0 Å². The minimum Gasteiger partial charge on any atom is -0.347 e. The third kappa shape index (κ3) is 5.69. The first kappa shape index (κ1) is 18.7. The molecule has 1 aromatic carbocycles. The maximum atomic E-state index is 12.2. The molecule has 1 aromatic heterocycles. The van der Waals surface area contributed by atoms with Crippen molar-refractivity contribution in [3.05, 3.63) is 56.2 Å². The molecule has 4 nitrogen and oxygen atoms in total. The molecule has 3 rings (SSSR count). The van der Waals surface area contributed by atoms with Crippen LogP contribution in [0.15, 0.2) is 35.7 Å². The topological polar surface area (TPSA) is 38.0 Å². The third-order valence-corrected chi connectivity index (χ3v) is 6.03. The Bertz CT molecular complexity index is 700. The van der Waals surface area contributed by atoms with Crippen molar-refractivity contribution in [2.75, 3.05) is 32.7 Å². The van der Waals surface area contributed by atoms with Crippen LogP contribution in [0.2, 0.25) is 10.0 Å². The first-order valence-electron chi connectivity index (χ1n) is 8.50. The summed E-state index contributed by atoms with van der Waals surface area (Å²) in [6.07, 6.45) is 0. The largest absolute Gasteiger partial charge is 0.347 e. The highest BCUT2D eigenvalue weighted by Crippen LogP contribution is 2.20. The number of halogens is 2. The zero-order chi connectivity index (χ0) is 17.6. The normalized spacial score (nSPS) is 20.4. The third-order valence-electron chi connectivity index (χ3n) is 4.57. The Hall–Kier alpha value is -1.11. The van der Waals surface area contributed by atoms with Crippen LogP contribution in [0.1, 0.15) is 10.4 Å². The van der Waals surface area contributed by atoms with E-state index in [9.17, 15) is 4.79 Å². The van der Waals surface area contributed by atoms with Crippen LogP contribution in [-0.2, 0) is 17.9 Å². The van der Waals surface area contributed by atoms with Gasteiger partial charge in [-0.25, -0.2) is 0 Å². The minimum absolute atomic E-state index is 0.0720. The van der Waals surface area contributed by atoms with Gasteiger partial charge in [-0.05, 0) is 29.1 Å². The number of nitrogens with one attached hydrogen (secondary N) is 3. The van der Waals surface area contributed by atoms with Gasteiger partial charge < -0.3 is 15.1 Å². The SMILES string of the molecule is O=C(C[NH+]1CC[NH+](Cc2cccs2)CC1)NCc1ccc(Cl)cc1Cl. The highest BCUT2D eigenvalue weighted by Gasteiger charge is 2.24. The average molecular weight is 400 g/mol. The van der Waals surface area contributed by atoms with E-state index in [2.05, 4.69) is 22.8 Å². The maximum absolute atomic E-state index is 12.2. The molecule has 0 atom stereocenters. The second kappa shape index (κ2) is 9.01. The fourth-order valence-electron chi connectivity index (χ4n) is 3.12. The van der Waals surface area contributed by atoms with Crippen LogP contribution >= 0.6 is 34.5 Å². The number of rotatable bonds is 6. The Balaban J connectivity index is 1.39. The van der Waals surface area contributed by atoms with E-state index in [0.717, 1.165) is 38.3 Å². The van der Waals surface area contributed by atoms with Gasteiger partial charge in [-0.3, -0.25) is 4.79 Å². The predicted molar refractivity (Wildman–Crippen MR) is 103 cm³/mol. The first-order chi connectivity index (χ1) is 12.1. The molecule has 1 fully saturated rings. The second-order valence-electron chi connectivity index (χ2n) is 6.45. The van der Waals surface area contributed by atoms with E-state index >= 15 is 0 Å². The van der Waals surface area contributed by atoms with E-state index < -0.39 is 0 Å². The van der Waals surface area contributed by atoms with Crippen molar-refractivity contribution in [3.63, 3.8) is 0 Å². The number of hydrogen-bond acceptors (Lipinski definition) is 2. The van der Waals surface area contributed by atoms with Crippen molar-refractivity contribution in [2.24, 2.45) is 0 Å². The van der Waals surface area contributed by atoms with Crippen molar-refractivity contribution >= 4 is 40.4 Å². The van der Waals surface area contributed by atoms with E-state index in [1.807, 2.05) is 17.4 Å². The zero-order valence-electron chi connectivity index (χ0n) is 14.0. The van der Waals surface area contributed by atoms with Crippen molar-refractivity contribution in [3.8, 4) is 0 Å². The molecule has 1 amide bonds. The summed E-state index contributed by atoms with van der Waals surface area (Å²) in [6, 6.07) is 9.65. The molecule has 0 radical (unpaired) electrons. The molecule has 1 aliphatic heterocycles. The number of piperazine rings is 1. The first-order valence-corrected chi connectivity index (χ1v) is 10.1. The Morgan fingerprint density at radius 1 is 1.12 bits per heavy atom. The standard InChI is InChI=1S/C18H21Cl2N3OS/c19-15-4-3-14(17(20)10-15)11-21-18(24)13-23-7-5-22(6-8-23)12-16-2-1-9-25-16/h1-4,9-10H,5-8,11-13H2,(H,21,24)/p+2. The molecular weight excluding hydrogens is 377 g/mol. The fraction of sp³-hybridized carbons (Fsp3) is 0.389. The molecule has 1 saturated heterocycles. The molecule has 134 valence electrons. The van der Waals surface area contributed by atoms with Gasteiger partial charge in [-0.15, -0.1) is 11.3 Å². The van der Waals surface area contributed by atoms with Gasteiger partial charge in [0.25, 0.3) is 5.91 Å². The Kier molecular flexibility index (Phi) is 6.73. The quantitative estimate of drug-likeness (QED) is 0.655. The number of thiophene rings is 1. The van der Waals surface area contributed by atoms with E-state index in [0.29, 0.717) is 23.1 Å². The molecule has 1 aliphatic rings. The van der Waals surface area contributed by atoms with Gasteiger partial charge in [0.2, 0.25) is 0 Å². The molecule has 0 saturated carbocycles. The average Bonchev–Trinajstić information content (AvgIpc) is 3.09. The monoisotopic (exact) mass is 399 g/mol. The van der Waals surface area contributed by atoms with Crippen molar-refractivity contribution < 1.29 is 14.6 Å². The highest BCUT2D eigenvalue weighted by atomic mass is 35.5.